The highest BCUT2D eigenvalue weighted by Crippen LogP contribution is 2.44. The average Bonchev–Trinajstić information content (AvgIpc) is 3.11. The van der Waals surface area contributed by atoms with Gasteiger partial charge in [0.15, 0.2) is 5.75 Å². The Kier molecular flexibility index (Phi) is 9.93. The maximum Gasteiger partial charge on any atom is 0.296 e. The minimum absolute atomic E-state index is 0.234. The van der Waals surface area contributed by atoms with E-state index in [2.05, 4.69) is 36.0 Å². The van der Waals surface area contributed by atoms with Crippen molar-refractivity contribution < 1.29 is 22.8 Å². The molecule has 0 amide bonds. The summed E-state index contributed by atoms with van der Waals surface area (Å²) in [6, 6.07) is 32.2. The lowest BCUT2D eigenvalue weighted by atomic mass is 10.1. The fourth-order valence-corrected chi connectivity index (χ4v) is 5.90. The minimum Gasteiger partial charge on any atom is -0.505 e. The smallest absolute Gasteiger partial charge is 0.296 e. The van der Waals surface area contributed by atoms with Crippen LogP contribution in [0.5, 0.6) is 11.5 Å². The molecule has 51 heavy (non-hydrogen) atoms. The van der Waals surface area contributed by atoms with Crippen LogP contribution in [-0.4, -0.2) is 25.2 Å². The maximum atomic E-state index is 12.5. The number of fused-ring (bicyclic) bond motifs is 1. The second kappa shape index (κ2) is 14.7. The monoisotopic (exact) mass is 699 g/mol. The number of aromatic hydroxyl groups is 1. The summed E-state index contributed by atoms with van der Waals surface area (Å²) in [7, 11) is -3.37. The van der Waals surface area contributed by atoms with Gasteiger partial charge in [0.1, 0.15) is 22.0 Å². The highest BCUT2D eigenvalue weighted by atomic mass is 32.2. The van der Waals surface area contributed by atoms with Crippen LogP contribution in [0.1, 0.15) is 16.7 Å². The van der Waals surface area contributed by atoms with Gasteiger partial charge in [0.05, 0.1) is 29.9 Å². The summed E-state index contributed by atoms with van der Waals surface area (Å²) in [5.41, 5.74) is 6.32. The van der Waals surface area contributed by atoms with Crippen molar-refractivity contribution in [2.45, 2.75) is 25.7 Å². The molecule has 13 heteroatoms. The zero-order valence-electron chi connectivity index (χ0n) is 28.1. The number of anilines is 2. The van der Waals surface area contributed by atoms with E-state index in [0.29, 0.717) is 33.4 Å². The Balaban J connectivity index is 1.29. The molecule has 0 atom stereocenters. The molecular formula is C38H33N7O5S. The lowest BCUT2D eigenvalue weighted by Crippen LogP contribution is -1.99. The van der Waals surface area contributed by atoms with Gasteiger partial charge in [-0.2, -0.15) is 28.9 Å². The topological polar surface area (TPSA) is 170 Å². The van der Waals surface area contributed by atoms with Gasteiger partial charge in [0.25, 0.3) is 10.1 Å². The summed E-state index contributed by atoms with van der Waals surface area (Å²) in [4.78, 5) is -0.604. The fourth-order valence-electron chi connectivity index (χ4n) is 5.24. The van der Waals surface area contributed by atoms with Gasteiger partial charge < -0.3 is 15.2 Å². The van der Waals surface area contributed by atoms with Crippen LogP contribution in [0.2, 0.25) is 0 Å². The van der Waals surface area contributed by atoms with Gasteiger partial charge in [-0.1, -0.05) is 36.4 Å². The molecule has 0 heterocycles. The van der Waals surface area contributed by atoms with Crippen molar-refractivity contribution in [2.75, 3.05) is 12.4 Å². The molecule has 0 saturated heterocycles. The van der Waals surface area contributed by atoms with Crippen LogP contribution in [0.25, 0.3) is 10.8 Å². The van der Waals surface area contributed by atoms with Gasteiger partial charge in [0.2, 0.25) is 0 Å². The summed E-state index contributed by atoms with van der Waals surface area (Å²) < 4.78 is 40.6. The first-order chi connectivity index (χ1) is 24.5. The number of ether oxygens (including phenoxy) is 1. The molecule has 0 aliphatic rings. The number of phenols is 1. The van der Waals surface area contributed by atoms with Crippen LogP contribution in [0.15, 0.2) is 145 Å². The van der Waals surface area contributed by atoms with Crippen LogP contribution in [-0.2, 0) is 10.1 Å². The third kappa shape index (κ3) is 7.96. The summed E-state index contributed by atoms with van der Waals surface area (Å²) in [5.74, 6) is -0.192. The normalized spacial score (nSPS) is 12.0. The highest BCUT2D eigenvalue weighted by Gasteiger charge is 2.22. The molecule has 6 aromatic rings. The Morgan fingerprint density at radius 1 is 0.608 bits per heavy atom. The Labute approximate surface area is 294 Å². The minimum atomic E-state index is -4.82. The first-order valence-electron chi connectivity index (χ1n) is 15.7. The number of nitrogens with zero attached hydrogens (tertiary/aromatic N) is 6. The van der Waals surface area contributed by atoms with Crippen molar-refractivity contribution >= 4 is 66.4 Å². The van der Waals surface area contributed by atoms with Crippen LogP contribution in [0, 0.1) is 20.8 Å². The van der Waals surface area contributed by atoms with Gasteiger partial charge in [-0.05, 0) is 110 Å². The van der Waals surface area contributed by atoms with Crippen molar-refractivity contribution in [1.29, 1.82) is 0 Å². The van der Waals surface area contributed by atoms with Gasteiger partial charge in [-0.25, -0.2) is 0 Å². The predicted molar refractivity (Wildman–Crippen MR) is 198 cm³/mol. The lowest BCUT2D eigenvalue weighted by Gasteiger charge is -2.12. The number of benzene rings is 6. The zero-order chi connectivity index (χ0) is 36.1. The van der Waals surface area contributed by atoms with Crippen LogP contribution in [0.3, 0.4) is 0 Å². The van der Waals surface area contributed by atoms with Crippen molar-refractivity contribution in [3.05, 3.63) is 126 Å². The number of hydrogen-bond donors (Lipinski definition) is 3. The molecular weight excluding hydrogens is 667 g/mol. The standard InChI is InChI=1S/C38H33N7O5S/c1-23-18-32(24(2)17-31(23)41-40-28-13-9-6-10-14-28)42-43-33-22-35(50-4)34(19-25(33)3)44-45-37-36(51(47,48)49)21-26-20-29(15-16-30(26)38(37)46)39-27-11-7-5-8-12-27/h5-22,39,46H,1-4H3,(H,47,48,49). The summed E-state index contributed by atoms with van der Waals surface area (Å²) in [6.07, 6.45) is 0. The van der Waals surface area contributed by atoms with Crippen molar-refractivity contribution in [1.82, 2.24) is 0 Å². The third-order valence-electron chi connectivity index (χ3n) is 7.96. The summed E-state index contributed by atoms with van der Waals surface area (Å²) in [6.45, 7) is 5.64. The number of phenolic OH excluding ortho intramolecular Hbond substituents is 1. The van der Waals surface area contributed by atoms with E-state index in [0.717, 1.165) is 28.2 Å². The Bertz CT molecular complexity index is 2450. The molecule has 0 bridgehead atoms. The van der Waals surface area contributed by atoms with Crippen molar-refractivity contribution in [3.63, 3.8) is 0 Å². The molecule has 0 fully saturated rings. The van der Waals surface area contributed by atoms with E-state index in [1.165, 1.54) is 13.2 Å². The first kappa shape index (κ1) is 34.5. The zero-order valence-corrected chi connectivity index (χ0v) is 28.9. The molecule has 0 aromatic heterocycles. The second-order valence-corrected chi connectivity index (χ2v) is 13.0. The van der Waals surface area contributed by atoms with Crippen molar-refractivity contribution in [3.8, 4) is 11.5 Å². The largest absolute Gasteiger partial charge is 0.505 e. The lowest BCUT2D eigenvalue weighted by molar-refractivity contribution is 0.416. The highest BCUT2D eigenvalue weighted by molar-refractivity contribution is 7.86. The van der Waals surface area contributed by atoms with Gasteiger partial charge in [-0.3, -0.25) is 4.55 Å². The molecule has 6 aromatic carbocycles. The molecule has 0 radical (unpaired) electrons. The molecule has 6 rings (SSSR count). The fraction of sp³-hybridized carbons (Fsp3) is 0.105. The van der Waals surface area contributed by atoms with E-state index in [9.17, 15) is 18.1 Å². The van der Waals surface area contributed by atoms with E-state index in [4.69, 9.17) is 4.74 Å². The van der Waals surface area contributed by atoms with E-state index in [1.54, 1.807) is 37.3 Å². The number of rotatable bonds is 10. The van der Waals surface area contributed by atoms with Gasteiger partial charge >= 0.3 is 0 Å². The molecule has 3 N–H and O–H groups in total. The second-order valence-electron chi connectivity index (χ2n) is 11.6. The van der Waals surface area contributed by atoms with Crippen LogP contribution < -0.4 is 10.1 Å². The van der Waals surface area contributed by atoms with Crippen LogP contribution >= 0.6 is 0 Å². The number of para-hydroxylation sites is 1. The number of hydrogen-bond acceptors (Lipinski definition) is 11. The molecule has 0 unspecified atom stereocenters. The number of nitrogens with one attached hydrogen (secondary N) is 1. The van der Waals surface area contributed by atoms with Gasteiger partial charge in [0, 0.05) is 22.8 Å². The summed E-state index contributed by atoms with van der Waals surface area (Å²) >= 11 is 0. The molecule has 0 spiro atoms. The average molecular weight is 700 g/mol. The SMILES string of the molecule is COc1cc(N=Nc2cc(C)c(N=Nc3ccccc3)cc2C)c(C)cc1N=Nc1c(S(=O)(=O)O)cc2cc(Nc3ccccc3)ccc2c1O. The Morgan fingerprint density at radius 2 is 1.16 bits per heavy atom. The third-order valence-corrected chi connectivity index (χ3v) is 8.82. The Hall–Kier alpha value is -6.31. The van der Waals surface area contributed by atoms with Crippen LogP contribution in [0.4, 0.5) is 45.5 Å². The first-order valence-corrected chi connectivity index (χ1v) is 17.1. The maximum absolute atomic E-state index is 12.5. The summed E-state index contributed by atoms with van der Waals surface area (Å²) in [5, 5.41) is 41.0. The molecule has 256 valence electrons. The number of aryl methyl sites for hydroxylation is 3. The van der Waals surface area contributed by atoms with E-state index in [-0.39, 0.29) is 11.4 Å². The quantitative estimate of drug-likeness (QED) is 0.0948. The molecule has 0 aliphatic heterocycles. The van der Waals surface area contributed by atoms with E-state index in [1.807, 2.05) is 86.6 Å². The number of azo groups is 3. The van der Waals surface area contributed by atoms with E-state index < -0.39 is 26.5 Å². The molecule has 0 saturated carbocycles. The Morgan fingerprint density at radius 3 is 1.76 bits per heavy atom. The number of methoxy groups -OCH3 is 1. The molecule has 0 aliphatic carbocycles. The van der Waals surface area contributed by atoms with E-state index >= 15 is 0 Å². The van der Waals surface area contributed by atoms with Gasteiger partial charge in [-0.15, -0.1) is 10.2 Å². The predicted octanol–water partition coefficient (Wildman–Crippen LogP) is 11.7. The molecule has 12 nitrogen and oxygen atoms in total. The van der Waals surface area contributed by atoms with Crippen molar-refractivity contribution in [2.24, 2.45) is 30.7 Å².